The van der Waals surface area contributed by atoms with E-state index in [1.54, 1.807) is 7.11 Å². The molecule has 3 rings (SSSR count). The van der Waals surface area contributed by atoms with Crippen LogP contribution in [0.1, 0.15) is 18.4 Å². The highest BCUT2D eigenvalue weighted by Gasteiger charge is 2.13. The van der Waals surface area contributed by atoms with Gasteiger partial charge < -0.3 is 13.9 Å². The average Bonchev–Trinajstić information content (AvgIpc) is 3.09. The minimum Gasteiger partial charge on any atom is -0.496 e. The molecule has 0 aliphatic carbocycles. The van der Waals surface area contributed by atoms with Crippen molar-refractivity contribution in [3.63, 3.8) is 0 Å². The zero-order chi connectivity index (χ0) is 16.9. The third kappa shape index (κ3) is 3.59. The van der Waals surface area contributed by atoms with E-state index in [0.29, 0.717) is 17.5 Å². The van der Waals surface area contributed by atoms with E-state index in [2.05, 4.69) is 33.1 Å². The van der Waals surface area contributed by atoms with Crippen LogP contribution in [-0.4, -0.2) is 17.3 Å². The fourth-order valence-corrected chi connectivity index (χ4v) is 2.80. The van der Waals surface area contributed by atoms with Crippen LogP contribution in [0.15, 0.2) is 51.4 Å². The molecule has 0 saturated carbocycles. The second-order valence-electron chi connectivity index (χ2n) is 5.11. The Bertz CT molecular complexity index is 833. The molecule has 0 aliphatic rings. The molecular weight excluding hydrogens is 372 g/mol. The smallest absolute Gasteiger partial charge is 0.254 e. The van der Waals surface area contributed by atoms with Crippen molar-refractivity contribution in [3.8, 4) is 23.0 Å². The number of nitrogens with zero attached hydrogens (tertiary/aromatic N) is 2. The summed E-state index contributed by atoms with van der Waals surface area (Å²) >= 11 is 3.51. The highest BCUT2D eigenvalue weighted by molar-refractivity contribution is 9.10. The molecule has 124 valence electrons. The summed E-state index contributed by atoms with van der Waals surface area (Å²) < 4.78 is 17.6. The molecule has 0 unspecified atom stereocenters. The molecule has 0 radical (unpaired) electrons. The Morgan fingerprint density at radius 1 is 1.08 bits per heavy atom. The molecule has 5 nitrogen and oxygen atoms in total. The number of aryl methyl sites for hydroxylation is 1. The zero-order valence-corrected chi connectivity index (χ0v) is 15.0. The number of hydrogen-bond acceptors (Lipinski definition) is 5. The molecular formula is C18H17BrN2O3. The summed E-state index contributed by atoms with van der Waals surface area (Å²) in [5, 5.41) is 8.10. The summed E-state index contributed by atoms with van der Waals surface area (Å²) in [5.41, 5.74) is 2.00. The van der Waals surface area contributed by atoms with E-state index in [9.17, 15) is 0 Å². The number of benzene rings is 2. The second-order valence-corrected chi connectivity index (χ2v) is 5.96. The molecule has 3 aromatic rings. The van der Waals surface area contributed by atoms with Gasteiger partial charge in [0.25, 0.3) is 11.8 Å². The van der Waals surface area contributed by atoms with Gasteiger partial charge in [0.15, 0.2) is 6.61 Å². The number of hydrogen-bond donors (Lipinski definition) is 0. The lowest BCUT2D eigenvalue weighted by Gasteiger charge is -2.07. The Balaban J connectivity index is 1.73. The largest absolute Gasteiger partial charge is 0.496 e. The highest BCUT2D eigenvalue weighted by atomic mass is 79.9. The third-order valence-electron chi connectivity index (χ3n) is 3.56. The quantitative estimate of drug-likeness (QED) is 0.614. The van der Waals surface area contributed by atoms with E-state index in [4.69, 9.17) is 13.9 Å². The van der Waals surface area contributed by atoms with Crippen molar-refractivity contribution in [2.24, 2.45) is 0 Å². The molecule has 0 fully saturated rings. The lowest BCUT2D eigenvalue weighted by atomic mass is 10.2. The van der Waals surface area contributed by atoms with E-state index in [0.717, 1.165) is 22.2 Å². The first kappa shape index (κ1) is 16.5. The van der Waals surface area contributed by atoms with Crippen LogP contribution in [0, 0.1) is 0 Å². The minimum absolute atomic E-state index is 0.201. The first-order valence-corrected chi connectivity index (χ1v) is 8.37. The van der Waals surface area contributed by atoms with E-state index < -0.39 is 0 Å². The van der Waals surface area contributed by atoms with Crippen molar-refractivity contribution in [1.29, 1.82) is 0 Å². The van der Waals surface area contributed by atoms with Gasteiger partial charge >= 0.3 is 0 Å². The van der Waals surface area contributed by atoms with Crippen LogP contribution in [0.4, 0.5) is 0 Å². The van der Waals surface area contributed by atoms with Gasteiger partial charge in [-0.25, -0.2) is 0 Å². The van der Waals surface area contributed by atoms with Gasteiger partial charge in [-0.2, -0.15) is 0 Å². The van der Waals surface area contributed by atoms with Gasteiger partial charge in [-0.15, -0.1) is 10.2 Å². The van der Waals surface area contributed by atoms with Gasteiger partial charge in [0.1, 0.15) is 11.5 Å². The summed E-state index contributed by atoms with van der Waals surface area (Å²) in [6.45, 7) is 2.31. The van der Waals surface area contributed by atoms with Crippen LogP contribution < -0.4 is 9.47 Å². The number of ether oxygens (including phenoxy) is 2. The molecule has 24 heavy (non-hydrogen) atoms. The Kier molecular flexibility index (Phi) is 5.15. The molecule has 0 spiro atoms. The maximum atomic E-state index is 5.75. The lowest BCUT2D eigenvalue weighted by molar-refractivity contribution is 0.263. The molecule has 1 aromatic heterocycles. The van der Waals surface area contributed by atoms with Crippen LogP contribution in [0.25, 0.3) is 11.5 Å². The zero-order valence-electron chi connectivity index (χ0n) is 13.5. The van der Waals surface area contributed by atoms with Gasteiger partial charge in [0.05, 0.1) is 17.1 Å². The standard InChI is InChI=1S/C18H17BrN2O3/c1-3-12-8-9-16(14(19)10-12)23-11-17-20-21-18(24-17)13-6-4-5-7-15(13)22-2/h4-10H,3,11H2,1-2H3. The normalized spacial score (nSPS) is 10.6. The van der Waals surface area contributed by atoms with E-state index in [1.807, 2.05) is 42.5 Å². The molecule has 0 atom stereocenters. The molecule has 0 bridgehead atoms. The first-order valence-electron chi connectivity index (χ1n) is 7.58. The lowest BCUT2D eigenvalue weighted by Crippen LogP contribution is -1.96. The van der Waals surface area contributed by atoms with Gasteiger partial charge in [0.2, 0.25) is 0 Å². The molecule has 0 aliphatic heterocycles. The third-order valence-corrected chi connectivity index (χ3v) is 4.18. The van der Waals surface area contributed by atoms with E-state index in [1.165, 1.54) is 5.56 Å². The summed E-state index contributed by atoms with van der Waals surface area (Å²) in [6.07, 6.45) is 0.977. The van der Waals surface area contributed by atoms with Crippen molar-refractivity contribution in [2.45, 2.75) is 20.0 Å². The molecule has 0 N–H and O–H groups in total. The average molecular weight is 389 g/mol. The van der Waals surface area contributed by atoms with Crippen LogP contribution in [0.2, 0.25) is 0 Å². The SMILES string of the molecule is CCc1ccc(OCc2nnc(-c3ccccc3OC)o2)c(Br)c1. The van der Waals surface area contributed by atoms with Crippen molar-refractivity contribution < 1.29 is 13.9 Å². The van der Waals surface area contributed by atoms with E-state index in [-0.39, 0.29) is 6.61 Å². The number of para-hydroxylation sites is 1. The number of halogens is 1. The minimum atomic E-state index is 0.201. The van der Waals surface area contributed by atoms with Crippen molar-refractivity contribution in [2.75, 3.05) is 7.11 Å². The van der Waals surface area contributed by atoms with Crippen molar-refractivity contribution in [3.05, 3.63) is 58.4 Å². The number of aromatic nitrogens is 2. The molecule has 1 heterocycles. The van der Waals surface area contributed by atoms with Gasteiger partial charge in [-0.3, -0.25) is 0 Å². The molecule has 0 amide bonds. The Labute approximate surface area is 148 Å². The predicted molar refractivity (Wildman–Crippen MR) is 94.1 cm³/mol. The van der Waals surface area contributed by atoms with Gasteiger partial charge in [-0.1, -0.05) is 25.1 Å². The van der Waals surface area contributed by atoms with Crippen LogP contribution in [0.3, 0.4) is 0 Å². The summed E-state index contributed by atoms with van der Waals surface area (Å²) in [7, 11) is 1.61. The Morgan fingerprint density at radius 2 is 1.92 bits per heavy atom. The van der Waals surface area contributed by atoms with Crippen LogP contribution in [-0.2, 0) is 13.0 Å². The maximum Gasteiger partial charge on any atom is 0.254 e. The van der Waals surface area contributed by atoms with Gasteiger partial charge in [-0.05, 0) is 52.2 Å². The first-order chi connectivity index (χ1) is 11.7. The maximum absolute atomic E-state index is 5.75. The fraction of sp³-hybridized carbons (Fsp3) is 0.222. The monoisotopic (exact) mass is 388 g/mol. The second kappa shape index (κ2) is 7.49. The fourth-order valence-electron chi connectivity index (χ4n) is 2.26. The number of rotatable bonds is 6. The Hall–Kier alpha value is -2.34. The van der Waals surface area contributed by atoms with Crippen molar-refractivity contribution >= 4 is 15.9 Å². The summed E-state index contributed by atoms with van der Waals surface area (Å²) in [5.74, 6) is 2.24. The van der Waals surface area contributed by atoms with Crippen LogP contribution >= 0.6 is 15.9 Å². The number of methoxy groups -OCH3 is 1. The molecule has 0 saturated heterocycles. The van der Waals surface area contributed by atoms with Gasteiger partial charge in [0, 0.05) is 0 Å². The highest BCUT2D eigenvalue weighted by Crippen LogP contribution is 2.29. The Morgan fingerprint density at radius 3 is 2.67 bits per heavy atom. The van der Waals surface area contributed by atoms with E-state index >= 15 is 0 Å². The molecule has 2 aromatic carbocycles. The predicted octanol–water partition coefficient (Wildman–Crippen LogP) is 4.65. The summed E-state index contributed by atoms with van der Waals surface area (Å²) in [4.78, 5) is 0. The molecule has 6 heteroatoms. The van der Waals surface area contributed by atoms with Crippen LogP contribution in [0.5, 0.6) is 11.5 Å². The van der Waals surface area contributed by atoms with Crippen molar-refractivity contribution in [1.82, 2.24) is 10.2 Å². The summed E-state index contributed by atoms with van der Waals surface area (Å²) in [6, 6.07) is 13.5. The topological polar surface area (TPSA) is 57.4 Å².